The molecule has 2 aromatic rings. The lowest BCUT2D eigenvalue weighted by atomic mass is 10.0. The molecule has 2 aromatic carbocycles. The first-order chi connectivity index (χ1) is 12.2. The third-order valence-electron chi connectivity index (χ3n) is 3.98. The lowest BCUT2D eigenvalue weighted by molar-refractivity contribution is -0.140. The van der Waals surface area contributed by atoms with E-state index >= 15 is 0 Å². The van der Waals surface area contributed by atoms with Crippen molar-refractivity contribution in [3.8, 4) is 22.9 Å². The van der Waals surface area contributed by atoms with E-state index in [0.717, 1.165) is 30.6 Å². The molecule has 128 valence electrons. The van der Waals surface area contributed by atoms with Gasteiger partial charge < -0.3 is 14.2 Å². The Morgan fingerprint density at radius 1 is 1.12 bits per heavy atom. The fraction of sp³-hybridized carbons (Fsp3) is 0.300. The number of nitrogens with zero attached hydrogens (tertiary/aromatic N) is 1. The molecule has 3 rings (SSSR count). The van der Waals surface area contributed by atoms with E-state index in [2.05, 4.69) is 6.07 Å². The van der Waals surface area contributed by atoms with Crippen LogP contribution in [0.4, 0.5) is 0 Å². The maximum Gasteiger partial charge on any atom is 0.337 e. The van der Waals surface area contributed by atoms with Crippen LogP contribution in [-0.4, -0.2) is 31.9 Å². The van der Waals surface area contributed by atoms with Gasteiger partial charge in [0.15, 0.2) is 0 Å². The first kappa shape index (κ1) is 17.2. The molecule has 1 aliphatic heterocycles. The van der Waals surface area contributed by atoms with Gasteiger partial charge in [-0.25, -0.2) is 4.79 Å². The molecule has 5 heteroatoms. The maximum absolute atomic E-state index is 11.8. The van der Waals surface area contributed by atoms with Crippen LogP contribution in [0.15, 0.2) is 48.5 Å². The van der Waals surface area contributed by atoms with Gasteiger partial charge in [0, 0.05) is 6.61 Å². The van der Waals surface area contributed by atoms with Gasteiger partial charge in [-0.2, -0.15) is 5.26 Å². The quantitative estimate of drug-likeness (QED) is 0.597. The minimum atomic E-state index is -0.427. The first-order valence-electron chi connectivity index (χ1n) is 8.25. The van der Waals surface area contributed by atoms with Crippen molar-refractivity contribution in [1.29, 1.82) is 5.26 Å². The zero-order valence-corrected chi connectivity index (χ0v) is 13.8. The number of hydrogen-bond donors (Lipinski definition) is 0. The van der Waals surface area contributed by atoms with E-state index in [1.54, 1.807) is 24.3 Å². The molecule has 0 spiro atoms. The summed E-state index contributed by atoms with van der Waals surface area (Å²) in [5.41, 5.74) is 2.60. The van der Waals surface area contributed by atoms with Crippen LogP contribution < -0.4 is 4.74 Å². The smallest absolute Gasteiger partial charge is 0.337 e. The van der Waals surface area contributed by atoms with Gasteiger partial charge in [-0.15, -0.1) is 0 Å². The Morgan fingerprint density at radius 3 is 2.40 bits per heavy atom. The highest BCUT2D eigenvalue weighted by Gasteiger charge is 2.16. The molecule has 0 aliphatic carbocycles. The van der Waals surface area contributed by atoms with E-state index in [1.807, 2.05) is 24.3 Å². The molecular formula is C20H19NO4. The molecule has 1 saturated heterocycles. The highest BCUT2D eigenvalue weighted by molar-refractivity contribution is 5.74. The summed E-state index contributed by atoms with van der Waals surface area (Å²) < 4.78 is 16.0. The number of benzene rings is 2. The maximum atomic E-state index is 11.8. The zero-order chi connectivity index (χ0) is 17.5. The predicted molar refractivity (Wildman–Crippen MR) is 92.0 cm³/mol. The molecule has 0 amide bonds. The average Bonchev–Trinajstić information content (AvgIpc) is 3.16. The summed E-state index contributed by atoms with van der Waals surface area (Å²) in [5, 5.41) is 8.83. The topological polar surface area (TPSA) is 68.5 Å². The molecule has 1 unspecified atom stereocenters. The van der Waals surface area contributed by atoms with Crippen LogP contribution in [-0.2, 0) is 14.3 Å². The van der Waals surface area contributed by atoms with Crippen molar-refractivity contribution < 1.29 is 19.0 Å². The summed E-state index contributed by atoms with van der Waals surface area (Å²) in [6.07, 6.45) is 2.12. The highest BCUT2D eigenvalue weighted by Crippen LogP contribution is 2.23. The number of nitriles is 1. The summed E-state index contributed by atoms with van der Waals surface area (Å²) in [6, 6.07) is 16.6. The third kappa shape index (κ3) is 4.90. The molecule has 5 nitrogen and oxygen atoms in total. The van der Waals surface area contributed by atoms with Crippen molar-refractivity contribution in [1.82, 2.24) is 0 Å². The number of carbonyl (C=O) groups is 1. The van der Waals surface area contributed by atoms with Crippen molar-refractivity contribution in [3.05, 3.63) is 54.1 Å². The van der Waals surface area contributed by atoms with Crippen molar-refractivity contribution in [2.45, 2.75) is 18.9 Å². The first-order valence-corrected chi connectivity index (χ1v) is 8.25. The van der Waals surface area contributed by atoms with Crippen LogP contribution in [0.3, 0.4) is 0 Å². The Morgan fingerprint density at radius 2 is 1.80 bits per heavy atom. The van der Waals surface area contributed by atoms with Gasteiger partial charge in [0.25, 0.3) is 0 Å². The second-order valence-electron chi connectivity index (χ2n) is 5.84. The summed E-state index contributed by atoms with van der Waals surface area (Å²) in [6.45, 7) is 1.11. The normalized spacial score (nSPS) is 16.4. The minimum Gasteiger partial charge on any atom is -0.425 e. The van der Waals surface area contributed by atoms with Crippen LogP contribution in [0.2, 0.25) is 0 Å². The lowest BCUT2D eigenvalue weighted by Crippen LogP contribution is -2.21. The second kappa shape index (κ2) is 8.43. The fourth-order valence-corrected chi connectivity index (χ4v) is 2.66. The Balaban J connectivity index is 1.49. The number of ether oxygens (including phenoxy) is 3. The van der Waals surface area contributed by atoms with Crippen molar-refractivity contribution >= 4 is 5.97 Å². The number of hydrogen-bond acceptors (Lipinski definition) is 5. The van der Waals surface area contributed by atoms with Crippen LogP contribution in [0.5, 0.6) is 5.75 Å². The van der Waals surface area contributed by atoms with E-state index in [0.29, 0.717) is 17.9 Å². The monoisotopic (exact) mass is 337 g/mol. The molecule has 1 heterocycles. The van der Waals surface area contributed by atoms with Gasteiger partial charge in [-0.3, -0.25) is 0 Å². The molecule has 0 N–H and O–H groups in total. The number of carbonyl (C=O) groups excluding carboxylic acids is 1. The van der Waals surface area contributed by atoms with E-state index < -0.39 is 5.97 Å². The summed E-state index contributed by atoms with van der Waals surface area (Å²) in [7, 11) is 0. The minimum absolute atomic E-state index is 0.0861. The number of esters is 1. The van der Waals surface area contributed by atoms with E-state index in [9.17, 15) is 4.79 Å². The molecular weight excluding hydrogens is 318 g/mol. The molecule has 0 saturated carbocycles. The van der Waals surface area contributed by atoms with Crippen LogP contribution in [0, 0.1) is 11.3 Å². The molecule has 25 heavy (non-hydrogen) atoms. The SMILES string of the molecule is N#Cc1ccc(-c2ccc(OC(=O)COCC3CCCO3)cc2)cc1. The molecule has 1 aliphatic rings. The van der Waals surface area contributed by atoms with E-state index in [1.165, 1.54) is 0 Å². The van der Waals surface area contributed by atoms with Crippen molar-refractivity contribution in [3.63, 3.8) is 0 Å². The Labute approximate surface area is 146 Å². The molecule has 0 radical (unpaired) electrons. The Hall–Kier alpha value is -2.68. The van der Waals surface area contributed by atoms with Gasteiger partial charge in [-0.1, -0.05) is 24.3 Å². The van der Waals surface area contributed by atoms with Crippen LogP contribution in [0.1, 0.15) is 18.4 Å². The lowest BCUT2D eigenvalue weighted by Gasteiger charge is -2.10. The second-order valence-corrected chi connectivity index (χ2v) is 5.84. The largest absolute Gasteiger partial charge is 0.425 e. The van der Waals surface area contributed by atoms with Crippen molar-refractivity contribution in [2.75, 3.05) is 19.8 Å². The van der Waals surface area contributed by atoms with Gasteiger partial charge in [0.2, 0.25) is 0 Å². The van der Waals surface area contributed by atoms with Gasteiger partial charge in [-0.05, 0) is 48.2 Å². The van der Waals surface area contributed by atoms with E-state index in [-0.39, 0.29) is 12.7 Å². The zero-order valence-electron chi connectivity index (χ0n) is 13.8. The standard InChI is InChI=1S/C20H19NO4/c21-12-15-3-5-16(6-4-15)17-7-9-18(10-8-17)25-20(22)14-23-13-19-2-1-11-24-19/h3-10,19H,1-2,11,13-14H2. The van der Waals surface area contributed by atoms with Crippen LogP contribution >= 0.6 is 0 Å². The summed E-state index contributed by atoms with van der Waals surface area (Å²) in [4.78, 5) is 11.8. The Kier molecular flexibility index (Phi) is 5.78. The van der Waals surface area contributed by atoms with Crippen LogP contribution in [0.25, 0.3) is 11.1 Å². The van der Waals surface area contributed by atoms with E-state index in [4.69, 9.17) is 19.5 Å². The Bertz CT molecular complexity index is 741. The highest BCUT2D eigenvalue weighted by atomic mass is 16.6. The number of rotatable bonds is 6. The molecule has 0 bridgehead atoms. The molecule has 1 fully saturated rings. The predicted octanol–water partition coefficient (Wildman–Crippen LogP) is 3.33. The molecule has 1 atom stereocenters. The summed E-state index contributed by atoms with van der Waals surface area (Å²) in [5.74, 6) is 0.0484. The molecule has 0 aromatic heterocycles. The van der Waals surface area contributed by atoms with Gasteiger partial charge >= 0.3 is 5.97 Å². The summed E-state index contributed by atoms with van der Waals surface area (Å²) >= 11 is 0. The fourth-order valence-electron chi connectivity index (χ4n) is 2.66. The average molecular weight is 337 g/mol. The third-order valence-corrected chi connectivity index (χ3v) is 3.98. The van der Waals surface area contributed by atoms with Gasteiger partial charge in [0.1, 0.15) is 12.4 Å². The van der Waals surface area contributed by atoms with Gasteiger partial charge in [0.05, 0.1) is 24.3 Å². The van der Waals surface area contributed by atoms with Crippen molar-refractivity contribution in [2.24, 2.45) is 0 Å².